The molecule has 0 amide bonds. The van der Waals surface area contributed by atoms with E-state index in [-0.39, 0.29) is 32.1 Å². The highest BCUT2D eigenvalue weighted by Gasteiger charge is 2.54. The monoisotopic (exact) mass is 1070 g/mol. The van der Waals surface area contributed by atoms with Crippen LogP contribution in [0.1, 0.15) is 117 Å². The molecule has 1 aromatic carbocycles. The van der Waals surface area contributed by atoms with Gasteiger partial charge in [-0.05, 0) is 98.1 Å². The fourth-order valence-corrected chi connectivity index (χ4v) is 11.1. The molecule has 5 rings (SSSR count). The van der Waals surface area contributed by atoms with Crippen LogP contribution in [0.5, 0.6) is 0 Å². The van der Waals surface area contributed by atoms with Crippen LogP contribution in [-0.4, -0.2) is 182 Å². The van der Waals surface area contributed by atoms with Crippen LogP contribution in [0.4, 0.5) is 0 Å². The van der Waals surface area contributed by atoms with Gasteiger partial charge in [0.25, 0.3) is 0 Å². The summed E-state index contributed by atoms with van der Waals surface area (Å²) in [6.07, 6.45) is -6.40. The number of thiazole rings is 1. The molecule has 3 aliphatic rings. The fourth-order valence-electron chi connectivity index (χ4n) is 10.5. The van der Waals surface area contributed by atoms with Crippen LogP contribution >= 0.6 is 11.3 Å². The van der Waals surface area contributed by atoms with Crippen molar-refractivity contribution >= 4 is 47.6 Å². The molecule has 0 aliphatic carbocycles. The van der Waals surface area contributed by atoms with Crippen molar-refractivity contribution in [3.05, 3.63) is 46.3 Å². The van der Waals surface area contributed by atoms with Crippen molar-refractivity contribution in [3.63, 3.8) is 0 Å². The summed E-state index contributed by atoms with van der Waals surface area (Å²) in [6, 6.07) is 7.19. The molecule has 3 saturated heterocycles. The summed E-state index contributed by atoms with van der Waals surface area (Å²) in [5.41, 5.74) is 1.51. The maximum atomic E-state index is 14.3. The maximum Gasteiger partial charge on any atom is 0.309 e. The summed E-state index contributed by atoms with van der Waals surface area (Å²) < 4.78 is 56.2. The van der Waals surface area contributed by atoms with Crippen molar-refractivity contribution in [3.8, 4) is 11.3 Å². The third-order valence-corrected chi connectivity index (χ3v) is 15.1. The van der Waals surface area contributed by atoms with Crippen LogP contribution < -0.4 is 0 Å². The van der Waals surface area contributed by atoms with Gasteiger partial charge >= 0.3 is 23.9 Å². The zero-order chi connectivity index (χ0) is 55.1. The van der Waals surface area contributed by atoms with E-state index in [0.717, 1.165) is 28.1 Å². The summed E-state index contributed by atoms with van der Waals surface area (Å²) in [5, 5.41) is 27.1. The molecule has 0 spiro atoms. The molecule has 5 unspecified atom stereocenters. The molecule has 0 bridgehead atoms. The Morgan fingerprint density at radius 3 is 2.36 bits per heavy atom. The van der Waals surface area contributed by atoms with Crippen LogP contribution in [0.3, 0.4) is 0 Å². The zero-order valence-corrected chi connectivity index (χ0v) is 46.7. The van der Waals surface area contributed by atoms with Gasteiger partial charge in [-0.1, -0.05) is 51.1 Å². The second-order valence-electron chi connectivity index (χ2n) is 20.8. The molecule has 2 aromatic rings. The SMILES string of the molecule is CCC(=O)O[C@@H]1CC(=O)O[C@@H](CC=Cc2cccc(-c3csc(C)n3)c2)CCCN(C)C[C@H](O)[C@H](C)C[C@H](CC=O)[C@H](O[C@@H]2OC(C)[C@@H](O[C@H]3CC(C)(OC(C)=O)[C@@H](OC(=O)CC)C(C)O3)C(N(C)C)C2O)[C@H]1OC. The number of esters is 4. The Hall–Kier alpha value is -4.22. The molecule has 4 heterocycles. The largest absolute Gasteiger partial charge is 0.462 e. The minimum absolute atomic E-state index is 0.0247. The lowest BCUT2D eigenvalue weighted by Crippen LogP contribution is -2.66. The number of ether oxygens (including phenoxy) is 9. The minimum atomic E-state index is -1.44. The van der Waals surface area contributed by atoms with E-state index >= 15 is 0 Å². The van der Waals surface area contributed by atoms with Crippen molar-refractivity contribution < 1.29 is 76.8 Å². The normalized spacial score (nSPS) is 33.9. The first-order chi connectivity index (χ1) is 35.6. The predicted molar refractivity (Wildman–Crippen MR) is 279 cm³/mol. The Kier molecular flexibility index (Phi) is 23.8. The standard InChI is InChI=1S/C55H83N3O16S/c1-13-44(62)70-43-28-46(64)69-40(21-16-19-37-18-15-20-38(27-37)41-31-75-35(6)56-41)22-17-24-58(11)30-42(61)32(3)26-39(23-25-59)51(52(43)66-12)73-54-49(65)48(57(9)10)50(33(4)68-54)72-47-29-55(8,74-36(7)60)53(34(5)67-47)71-45(63)14-2/h15-16,18-20,25,27,31-34,39-40,42-43,47-54,61,65H,13-14,17,21-24,26,28-30H2,1-12H3/t32-,33?,34?,39+,40+,42+,43-,47+,48?,49?,50-,51+,52+,53+,54+,55?/m1/s1. The van der Waals surface area contributed by atoms with E-state index in [1.165, 1.54) is 14.0 Å². The second kappa shape index (κ2) is 29.0. The number of aromatic nitrogens is 1. The molecule has 0 radical (unpaired) electrons. The van der Waals surface area contributed by atoms with Gasteiger partial charge in [0.2, 0.25) is 0 Å². The number of methoxy groups -OCH3 is 1. The Labute approximate surface area is 446 Å². The zero-order valence-electron chi connectivity index (χ0n) is 45.9. The van der Waals surface area contributed by atoms with Gasteiger partial charge in [-0.25, -0.2) is 4.98 Å². The van der Waals surface area contributed by atoms with Crippen LogP contribution in [0.15, 0.2) is 35.7 Å². The molecule has 19 nitrogen and oxygen atoms in total. The van der Waals surface area contributed by atoms with E-state index in [2.05, 4.69) is 11.1 Å². The van der Waals surface area contributed by atoms with Crippen LogP contribution in [0, 0.1) is 18.8 Å². The van der Waals surface area contributed by atoms with Gasteiger partial charge in [0.05, 0.1) is 47.6 Å². The van der Waals surface area contributed by atoms with E-state index < -0.39 is 127 Å². The van der Waals surface area contributed by atoms with Gasteiger partial charge in [0.1, 0.15) is 36.8 Å². The lowest BCUT2D eigenvalue weighted by Gasteiger charge is -2.50. The number of hydrogen-bond acceptors (Lipinski definition) is 20. The lowest BCUT2D eigenvalue weighted by atomic mass is 9.82. The quantitative estimate of drug-likeness (QED) is 0.104. The highest BCUT2D eigenvalue weighted by molar-refractivity contribution is 7.09. The number of aliphatic hydroxyl groups excluding tert-OH is 2. The Balaban J connectivity index is 1.45. The average Bonchev–Trinajstić information content (AvgIpc) is 3.79. The smallest absolute Gasteiger partial charge is 0.309 e. The van der Waals surface area contributed by atoms with Gasteiger partial charge in [0.15, 0.2) is 24.3 Å². The molecular formula is C55H83N3O16S. The predicted octanol–water partition coefficient (Wildman–Crippen LogP) is 6.06. The Morgan fingerprint density at radius 2 is 1.72 bits per heavy atom. The highest BCUT2D eigenvalue weighted by Crippen LogP contribution is 2.39. The first-order valence-electron chi connectivity index (χ1n) is 26.4. The van der Waals surface area contributed by atoms with Crippen molar-refractivity contribution in [1.29, 1.82) is 0 Å². The summed E-state index contributed by atoms with van der Waals surface area (Å²) in [5.74, 6) is -3.46. The van der Waals surface area contributed by atoms with Gasteiger partial charge in [-0.2, -0.15) is 0 Å². The second-order valence-corrected chi connectivity index (χ2v) is 21.8. The van der Waals surface area contributed by atoms with Crippen molar-refractivity contribution in [2.75, 3.05) is 41.3 Å². The van der Waals surface area contributed by atoms with Crippen LogP contribution in [-0.2, 0) is 66.6 Å². The summed E-state index contributed by atoms with van der Waals surface area (Å²) in [6.45, 7) is 14.4. The van der Waals surface area contributed by atoms with Gasteiger partial charge < -0.3 is 67.4 Å². The third-order valence-electron chi connectivity index (χ3n) is 14.3. The Morgan fingerprint density at radius 1 is 1.00 bits per heavy atom. The Bertz CT molecular complexity index is 2190. The van der Waals surface area contributed by atoms with E-state index in [4.69, 9.17) is 42.6 Å². The molecule has 0 saturated carbocycles. The molecule has 2 N–H and O–H groups in total. The summed E-state index contributed by atoms with van der Waals surface area (Å²) >= 11 is 1.59. The molecule has 3 aliphatic heterocycles. The molecule has 1 aromatic heterocycles. The van der Waals surface area contributed by atoms with Crippen LogP contribution in [0.2, 0.25) is 0 Å². The number of hydrogen-bond donors (Lipinski definition) is 2. The number of aldehydes is 1. The minimum Gasteiger partial charge on any atom is -0.462 e. The number of carbonyl (C=O) groups is 5. The number of nitrogens with zero attached hydrogens (tertiary/aromatic N) is 3. The fraction of sp³-hybridized carbons (Fsp3) is 0.709. The number of β-amino-alcohol motifs (C(OH)–C–C–N with tert-alkyl or cyclic N) is 1. The molecule has 75 heavy (non-hydrogen) atoms. The number of aryl methyl sites for hydroxylation is 1. The van der Waals surface area contributed by atoms with E-state index in [9.17, 15) is 34.2 Å². The molecular weight excluding hydrogens is 991 g/mol. The summed E-state index contributed by atoms with van der Waals surface area (Å²) in [7, 11) is 6.81. The van der Waals surface area contributed by atoms with Gasteiger partial charge in [0, 0.05) is 63.6 Å². The number of cyclic esters (lactones) is 1. The average molecular weight is 1070 g/mol. The van der Waals surface area contributed by atoms with Crippen LogP contribution in [0.25, 0.3) is 17.3 Å². The number of aliphatic hydroxyl groups is 2. The molecule has 16 atom stereocenters. The number of benzene rings is 1. The van der Waals surface area contributed by atoms with Crippen molar-refractivity contribution in [2.24, 2.45) is 11.8 Å². The highest BCUT2D eigenvalue weighted by atomic mass is 32.1. The van der Waals surface area contributed by atoms with E-state index in [0.29, 0.717) is 32.4 Å². The molecule has 420 valence electrons. The summed E-state index contributed by atoms with van der Waals surface area (Å²) in [4.78, 5) is 73.5. The molecule has 20 heteroatoms. The number of rotatable bonds is 17. The van der Waals surface area contributed by atoms with Gasteiger partial charge in [-0.15, -0.1) is 11.3 Å². The number of carbonyl (C=O) groups excluding carboxylic acids is 5. The van der Waals surface area contributed by atoms with E-state index in [1.807, 2.05) is 61.5 Å². The van der Waals surface area contributed by atoms with Crippen molar-refractivity contribution in [1.82, 2.24) is 14.8 Å². The van der Waals surface area contributed by atoms with Crippen molar-refractivity contribution in [2.45, 2.75) is 198 Å². The first-order valence-corrected chi connectivity index (χ1v) is 27.2. The third kappa shape index (κ3) is 17.4. The number of likely N-dealkylation sites (N-methyl/N-ethyl adjacent to an activating group) is 2. The molecule has 3 fully saturated rings. The van der Waals surface area contributed by atoms with E-state index in [1.54, 1.807) is 65.0 Å². The van der Waals surface area contributed by atoms with Gasteiger partial charge in [-0.3, -0.25) is 19.2 Å². The topological polar surface area (TPSA) is 228 Å². The first kappa shape index (κ1) is 61.6. The lowest BCUT2D eigenvalue weighted by molar-refractivity contribution is -0.344. The maximum absolute atomic E-state index is 14.3.